The lowest BCUT2D eigenvalue weighted by atomic mass is 10.1. The van der Waals surface area contributed by atoms with E-state index in [1.165, 1.54) is 8.58 Å². The van der Waals surface area contributed by atoms with Crippen LogP contribution in [0.1, 0.15) is 25.0 Å². The van der Waals surface area contributed by atoms with Crippen LogP contribution in [0.4, 0.5) is 5.69 Å². The molecule has 5 nitrogen and oxygen atoms in total. The smallest absolute Gasteiger partial charge is 0.280 e. The largest absolute Gasteiger partial charge is 0.490 e. The monoisotopic (exact) mass is 538 g/mol. The fraction of sp³-hybridized carbons (Fsp3) is 0.154. The predicted molar refractivity (Wildman–Crippen MR) is 136 cm³/mol. The van der Waals surface area contributed by atoms with Crippen molar-refractivity contribution in [3.63, 3.8) is 0 Å². The Morgan fingerprint density at radius 2 is 1.72 bits per heavy atom. The van der Waals surface area contributed by atoms with E-state index in [9.17, 15) is 4.79 Å². The molecule has 32 heavy (non-hydrogen) atoms. The van der Waals surface area contributed by atoms with Crippen LogP contribution >= 0.6 is 22.6 Å². The number of nitrogens with zero attached hydrogens (tertiary/aromatic N) is 2. The van der Waals surface area contributed by atoms with Crippen molar-refractivity contribution in [1.82, 2.24) is 0 Å². The second-order valence-corrected chi connectivity index (χ2v) is 8.50. The fourth-order valence-corrected chi connectivity index (χ4v) is 3.70. The van der Waals surface area contributed by atoms with Crippen LogP contribution in [0.5, 0.6) is 11.5 Å². The summed E-state index contributed by atoms with van der Waals surface area (Å²) in [5, 5.41) is 5.87. The van der Waals surface area contributed by atoms with Gasteiger partial charge in [-0.25, -0.2) is 0 Å². The molecule has 0 fully saturated rings. The second-order valence-electron chi connectivity index (χ2n) is 7.25. The number of rotatable bonds is 7. The van der Waals surface area contributed by atoms with Crippen molar-refractivity contribution in [2.75, 3.05) is 11.6 Å². The molecule has 0 bridgehead atoms. The average molecular weight is 538 g/mol. The predicted octanol–water partition coefficient (Wildman–Crippen LogP) is 6.08. The van der Waals surface area contributed by atoms with Crippen molar-refractivity contribution in [3.05, 3.63) is 93.1 Å². The summed E-state index contributed by atoms with van der Waals surface area (Å²) in [6.45, 7) is 4.74. The molecular weight excluding hydrogens is 515 g/mol. The standard InChI is InChI=1S/C26H23IN2O3/c1-3-31-25-16-20(11-14-24(25)32-17-19-9-12-21(27)13-10-19)15-23-18(2)28-29(26(23)30)22-7-5-4-6-8-22/h4-16H,3,17H2,1-2H3/b23-15+. The number of benzene rings is 3. The number of carbonyl (C=O) groups excluding carboxylic acids is 1. The number of carbonyl (C=O) groups is 1. The van der Waals surface area contributed by atoms with Gasteiger partial charge in [0, 0.05) is 3.57 Å². The zero-order valence-corrected chi connectivity index (χ0v) is 20.1. The minimum Gasteiger partial charge on any atom is -0.490 e. The minimum atomic E-state index is -0.148. The Labute approximate surface area is 201 Å². The summed E-state index contributed by atoms with van der Waals surface area (Å²) in [6, 6.07) is 23.3. The SMILES string of the molecule is CCOc1cc(/C=C2/C(=O)N(c3ccccc3)N=C2C)ccc1OCc1ccc(I)cc1. The summed E-state index contributed by atoms with van der Waals surface area (Å²) in [5.41, 5.74) is 3.92. The van der Waals surface area contributed by atoms with E-state index in [-0.39, 0.29) is 5.91 Å². The van der Waals surface area contributed by atoms with Gasteiger partial charge >= 0.3 is 0 Å². The van der Waals surface area contributed by atoms with E-state index >= 15 is 0 Å². The Hall–Kier alpha value is -3.13. The number of para-hydroxylation sites is 1. The van der Waals surface area contributed by atoms with Gasteiger partial charge in [0.1, 0.15) is 6.61 Å². The van der Waals surface area contributed by atoms with E-state index in [1.807, 2.05) is 80.6 Å². The highest BCUT2D eigenvalue weighted by Gasteiger charge is 2.28. The summed E-state index contributed by atoms with van der Waals surface area (Å²) in [6.07, 6.45) is 1.84. The Bertz CT molecular complexity index is 1170. The van der Waals surface area contributed by atoms with Gasteiger partial charge < -0.3 is 9.47 Å². The summed E-state index contributed by atoms with van der Waals surface area (Å²) >= 11 is 2.28. The zero-order chi connectivity index (χ0) is 22.5. The van der Waals surface area contributed by atoms with Gasteiger partial charge in [0.15, 0.2) is 11.5 Å². The van der Waals surface area contributed by atoms with Gasteiger partial charge in [0.2, 0.25) is 0 Å². The number of ether oxygens (including phenoxy) is 2. The van der Waals surface area contributed by atoms with Crippen LogP contribution in [0.3, 0.4) is 0 Å². The van der Waals surface area contributed by atoms with Crippen LogP contribution in [0.15, 0.2) is 83.5 Å². The van der Waals surface area contributed by atoms with Crippen molar-refractivity contribution in [1.29, 1.82) is 0 Å². The van der Waals surface area contributed by atoms with E-state index in [0.29, 0.717) is 36.0 Å². The number of hydrogen-bond acceptors (Lipinski definition) is 4. The molecule has 4 rings (SSSR count). The van der Waals surface area contributed by atoms with Crippen LogP contribution in [0.25, 0.3) is 6.08 Å². The molecule has 1 amide bonds. The van der Waals surface area contributed by atoms with Gasteiger partial charge in [-0.1, -0.05) is 36.4 Å². The van der Waals surface area contributed by atoms with E-state index in [1.54, 1.807) is 0 Å². The Balaban J connectivity index is 1.55. The molecule has 6 heteroatoms. The van der Waals surface area contributed by atoms with Crippen molar-refractivity contribution >= 4 is 46.0 Å². The van der Waals surface area contributed by atoms with Crippen molar-refractivity contribution in [2.45, 2.75) is 20.5 Å². The number of amides is 1. The molecule has 0 aromatic heterocycles. The fourth-order valence-electron chi connectivity index (χ4n) is 3.34. The molecule has 1 aliphatic heterocycles. The molecule has 0 unspecified atom stereocenters. The van der Waals surface area contributed by atoms with Crippen molar-refractivity contribution < 1.29 is 14.3 Å². The molecule has 0 atom stereocenters. The Kier molecular flexibility index (Phi) is 6.90. The van der Waals surface area contributed by atoms with E-state index in [2.05, 4.69) is 39.8 Å². The highest BCUT2D eigenvalue weighted by molar-refractivity contribution is 14.1. The van der Waals surface area contributed by atoms with E-state index in [4.69, 9.17) is 9.47 Å². The number of anilines is 1. The molecule has 0 N–H and O–H groups in total. The molecular formula is C26H23IN2O3. The topological polar surface area (TPSA) is 51.1 Å². The highest BCUT2D eigenvalue weighted by atomic mass is 127. The number of hydrazone groups is 1. The van der Waals surface area contributed by atoms with Crippen LogP contribution in [-0.2, 0) is 11.4 Å². The first-order chi connectivity index (χ1) is 15.5. The molecule has 3 aromatic rings. The third-order valence-electron chi connectivity index (χ3n) is 4.95. The summed E-state index contributed by atoms with van der Waals surface area (Å²) < 4.78 is 13.0. The number of halogens is 1. The van der Waals surface area contributed by atoms with E-state index < -0.39 is 0 Å². The first-order valence-electron chi connectivity index (χ1n) is 10.4. The highest BCUT2D eigenvalue weighted by Crippen LogP contribution is 2.31. The Morgan fingerprint density at radius 1 is 0.969 bits per heavy atom. The van der Waals surface area contributed by atoms with E-state index in [0.717, 1.165) is 16.8 Å². The molecule has 3 aromatic carbocycles. The van der Waals surface area contributed by atoms with Crippen LogP contribution in [0.2, 0.25) is 0 Å². The Morgan fingerprint density at radius 3 is 2.44 bits per heavy atom. The molecule has 0 aliphatic carbocycles. The first-order valence-corrected chi connectivity index (χ1v) is 11.4. The summed E-state index contributed by atoms with van der Waals surface area (Å²) in [7, 11) is 0. The number of hydrogen-bond donors (Lipinski definition) is 0. The maximum Gasteiger partial charge on any atom is 0.280 e. The van der Waals surface area contributed by atoms with Crippen LogP contribution < -0.4 is 14.5 Å². The third kappa shape index (κ3) is 5.02. The minimum absolute atomic E-state index is 0.148. The van der Waals surface area contributed by atoms with Gasteiger partial charge in [-0.15, -0.1) is 0 Å². The molecule has 0 radical (unpaired) electrons. The lowest BCUT2D eigenvalue weighted by Crippen LogP contribution is -2.21. The van der Waals surface area contributed by atoms with Gasteiger partial charge in [0.25, 0.3) is 5.91 Å². The summed E-state index contributed by atoms with van der Waals surface area (Å²) in [4.78, 5) is 13.0. The molecule has 0 spiro atoms. The van der Waals surface area contributed by atoms with Gasteiger partial charge in [0.05, 0.1) is 23.6 Å². The maximum absolute atomic E-state index is 13.0. The lowest BCUT2D eigenvalue weighted by molar-refractivity contribution is -0.114. The van der Waals surface area contributed by atoms with Crippen molar-refractivity contribution in [2.24, 2.45) is 5.10 Å². The quantitative estimate of drug-likeness (QED) is 0.271. The maximum atomic E-state index is 13.0. The lowest BCUT2D eigenvalue weighted by Gasteiger charge is -2.13. The van der Waals surface area contributed by atoms with Crippen LogP contribution in [-0.4, -0.2) is 18.2 Å². The second kappa shape index (κ2) is 9.99. The average Bonchev–Trinajstić information content (AvgIpc) is 3.09. The zero-order valence-electron chi connectivity index (χ0n) is 17.9. The summed E-state index contributed by atoms with van der Waals surface area (Å²) in [5.74, 6) is 1.17. The molecule has 162 valence electrons. The molecule has 0 saturated heterocycles. The third-order valence-corrected chi connectivity index (χ3v) is 5.67. The molecule has 0 saturated carbocycles. The van der Waals surface area contributed by atoms with Gasteiger partial charge in [-0.3, -0.25) is 4.79 Å². The normalized spacial score (nSPS) is 14.6. The van der Waals surface area contributed by atoms with Crippen LogP contribution in [0, 0.1) is 3.57 Å². The first kappa shape index (κ1) is 22.1. The molecule has 1 heterocycles. The van der Waals surface area contributed by atoms with Crippen molar-refractivity contribution in [3.8, 4) is 11.5 Å². The van der Waals surface area contributed by atoms with Gasteiger partial charge in [-0.05, 0) is 90.0 Å². The van der Waals surface area contributed by atoms with Gasteiger partial charge in [-0.2, -0.15) is 10.1 Å². The molecule has 1 aliphatic rings.